The average molecular weight is 394 g/mol. The Bertz CT molecular complexity index is 847. The summed E-state index contributed by atoms with van der Waals surface area (Å²) in [6.45, 7) is 0.669. The summed E-state index contributed by atoms with van der Waals surface area (Å²) >= 11 is 5.97. The molecule has 1 heterocycles. The number of hydrogen-bond acceptors (Lipinski definition) is 4. The van der Waals surface area contributed by atoms with Crippen LogP contribution in [-0.2, 0) is 17.9 Å². The minimum Gasteiger partial charge on any atom is -0.489 e. The maximum atomic E-state index is 13.0. The maximum Gasteiger partial charge on any atom is 0.318 e. The van der Waals surface area contributed by atoms with Crippen molar-refractivity contribution >= 4 is 23.5 Å². The van der Waals surface area contributed by atoms with Gasteiger partial charge in [0.05, 0.1) is 11.6 Å². The summed E-state index contributed by atoms with van der Waals surface area (Å²) < 4.78 is 18.7. The predicted octanol–water partition coefficient (Wildman–Crippen LogP) is 2.46. The molecule has 3 N–H and O–H groups in total. The zero-order valence-corrected chi connectivity index (χ0v) is 14.9. The minimum atomic E-state index is -0.787. The predicted molar refractivity (Wildman–Crippen MR) is 94.8 cm³/mol. The van der Waals surface area contributed by atoms with Crippen LogP contribution >= 0.6 is 11.6 Å². The Morgan fingerprint density at radius 2 is 2.07 bits per heavy atom. The third-order valence-corrected chi connectivity index (χ3v) is 4.47. The van der Waals surface area contributed by atoms with Crippen molar-refractivity contribution in [3.8, 4) is 5.75 Å². The summed E-state index contributed by atoms with van der Waals surface area (Å²) in [4.78, 5) is 24.7. The average Bonchev–Trinajstić information content (AvgIpc) is 3.02. The van der Waals surface area contributed by atoms with Gasteiger partial charge in [-0.2, -0.15) is 0 Å². The van der Waals surface area contributed by atoms with Gasteiger partial charge >= 0.3 is 6.03 Å². The first-order chi connectivity index (χ1) is 13.0. The van der Waals surface area contributed by atoms with E-state index in [-0.39, 0.29) is 19.2 Å². The van der Waals surface area contributed by atoms with Crippen molar-refractivity contribution in [2.75, 3.05) is 6.54 Å². The van der Waals surface area contributed by atoms with Crippen LogP contribution < -0.4 is 15.5 Å². The third-order valence-electron chi connectivity index (χ3n) is 4.12. The molecule has 0 unspecified atom stereocenters. The first-order valence-corrected chi connectivity index (χ1v) is 8.49. The van der Waals surface area contributed by atoms with Gasteiger partial charge in [-0.1, -0.05) is 29.8 Å². The Hall–Kier alpha value is -2.84. The van der Waals surface area contributed by atoms with E-state index in [1.807, 2.05) is 0 Å². The lowest BCUT2D eigenvalue weighted by molar-refractivity contribution is -0.130. The summed E-state index contributed by atoms with van der Waals surface area (Å²) in [5.74, 6) is -0.464. The van der Waals surface area contributed by atoms with Crippen LogP contribution in [0.15, 0.2) is 42.5 Å². The van der Waals surface area contributed by atoms with Crippen molar-refractivity contribution in [2.24, 2.45) is 0 Å². The first-order valence-electron chi connectivity index (χ1n) is 8.11. The number of nitrogens with zero attached hydrogens (tertiary/aromatic N) is 1. The van der Waals surface area contributed by atoms with Gasteiger partial charge in [0.1, 0.15) is 24.2 Å². The summed E-state index contributed by atoms with van der Waals surface area (Å²) in [6, 6.07) is 10.0. The molecule has 0 aliphatic carbocycles. The number of nitrogens with one attached hydrogen (secondary N) is 2. The monoisotopic (exact) mass is 393 g/mol. The number of amides is 3. The van der Waals surface area contributed by atoms with Gasteiger partial charge in [0, 0.05) is 12.1 Å². The molecule has 0 saturated carbocycles. The molecule has 1 fully saturated rings. The molecule has 0 aromatic heterocycles. The van der Waals surface area contributed by atoms with Crippen LogP contribution in [0, 0.1) is 5.82 Å². The summed E-state index contributed by atoms with van der Waals surface area (Å²) in [5.41, 5.74) is 3.05. The molecule has 0 spiro atoms. The quantitative estimate of drug-likeness (QED) is 0.519. The minimum absolute atomic E-state index is 0.159. The van der Waals surface area contributed by atoms with Gasteiger partial charge in [0.2, 0.25) is 0 Å². The van der Waals surface area contributed by atoms with Gasteiger partial charge in [-0.05, 0) is 29.8 Å². The summed E-state index contributed by atoms with van der Waals surface area (Å²) in [6.07, 6.45) is 0. The van der Waals surface area contributed by atoms with Crippen molar-refractivity contribution in [1.29, 1.82) is 0 Å². The third kappa shape index (κ3) is 4.66. The summed E-state index contributed by atoms with van der Waals surface area (Å²) in [5, 5.41) is 11.4. The zero-order valence-electron chi connectivity index (χ0n) is 14.1. The number of carbonyl (C=O) groups excluding carboxylic acids is 2. The van der Waals surface area contributed by atoms with Crippen molar-refractivity contribution in [2.45, 2.75) is 19.2 Å². The van der Waals surface area contributed by atoms with Crippen LogP contribution in [0.25, 0.3) is 0 Å². The van der Waals surface area contributed by atoms with Gasteiger partial charge in [0.15, 0.2) is 0 Å². The van der Waals surface area contributed by atoms with E-state index in [0.717, 1.165) is 5.56 Å². The van der Waals surface area contributed by atoms with E-state index in [9.17, 15) is 14.0 Å². The maximum absolute atomic E-state index is 13.0. The van der Waals surface area contributed by atoms with Crippen molar-refractivity contribution in [1.82, 2.24) is 15.7 Å². The Balaban J connectivity index is 1.56. The molecule has 0 bridgehead atoms. The van der Waals surface area contributed by atoms with Crippen molar-refractivity contribution in [3.05, 3.63) is 64.4 Å². The van der Waals surface area contributed by atoms with Crippen molar-refractivity contribution < 1.29 is 23.9 Å². The number of halogens is 2. The fourth-order valence-corrected chi connectivity index (χ4v) is 2.89. The molecule has 142 valence electrons. The fourth-order valence-electron chi connectivity index (χ4n) is 2.66. The molecule has 1 atom stereocenters. The molecule has 3 rings (SSSR count). The normalized spacial score (nSPS) is 16.2. The molecule has 1 aliphatic heterocycles. The zero-order chi connectivity index (χ0) is 19.4. The molecule has 2 aromatic carbocycles. The second kappa shape index (κ2) is 8.24. The Morgan fingerprint density at radius 3 is 2.74 bits per heavy atom. The number of ether oxygens (including phenoxy) is 1. The van der Waals surface area contributed by atoms with Gasteiger partial charge in [-0.15, -0.1) is 0 Å². The SMILES string of the molecule is O=C(NO)[C@H]1CN(Cc2ccc(OCc3ccc(F)cc3Cl)cc2)C(=O)N1. The van der Waals surface area contributed by atoms with E-state index in [1.165, 1.54) is 22.5 Å². The topological polar surface area (TPSA) is 90.9 Å². The lowest BCUT2D eigenvalue weighted by Crippen LogP contribution is -2.41. The number of carbonyl (C=O) groups is 2. The lowest BCUT2D eigenvalue weighted by Gasteiger charge is -2.15. The standard InChI is InChI=1S/C18H17ClFN3O4/c19-15-7-13(20)4-3-12(15)10-27-14-5-1-11(2-6-14)8-23-9-16(17(24)22-26)21-18(23)25/h1-7,16,26H,8-10H2,(H,21,25)(H,22,24)/t16-/m1/s1. The van der Waals surface area contributed by atoms with E-state index < -0.39 is 17.8 Å². The molecule has 2 aromatic rings. The molecule has 27 heavy (non-hydrogen) atoms. The van der Waals surface area contributed by atoms with E-state index in [4.69, 9.17) is 21.5 Å². The lowest BCUT2D eigenvalue weighted by atomic mass is 10.2. The fraction of sp³-hybridized carbons (Fsp3) is 0.222. The first kappa shape index (κ1) is 18.9. The molecule has 7 nitrogen and oxygen atoms in total. The highest BCUT2D eigenvalue weighted by Crippen LogP contribution is 2.21. The van der Waals surface area contributed by atoms with E-state index in [2.05, 4.69) is 5.32 Å². The van der Waals surface area contributed by atoms with E-state index in [1.54, 1.807) is 30.3 Å². The van der Waals surface area contributed by atoms with Gasteiger partial charge in [0.25, 0.3) is 5.91 Å². The second-order valence-corrected chi connectivity index (χ2v) is 6.43. The van der Waals surface area contributed by atoms with Crippen LogP contribution in [-0.4, -0.2) is 34.6 Å². The number of rotatable bonds is 6. The van der Waals surface area contributed by atoms with Crippen molar-refractivity contribution in [3.63, 3.8) is 0 Å². The molecule has 0 radical (unpaired) electrons. The van der Waals surface area contributed by atoms with Gasteiger partial charge < -0.3 is 15.0 Å². The van der Waals surface area contributed by atoms with E-state index in [0.29, 0.717) is 22.9 Å². The summed E-state index contributed by atoms with van der Waals surface area (Å²) in [7, 11) is 0. The second-order valence-electron chi connectivity index (χ2n) is 6.03. The highest BCUT2D eigenvalue weighted by molar-refractivity contribution is 6.31. The number of hydrogen-bond donors (Lipinski definition) is 3. The number of benzene rings is 2. The highest BCUT2D eigenvalue weighted by Gasteiger charge is 2.33. The highest BCUT2D eigenvalue weighted by atomic mass is 35.5. The number of urea groups is 1. The van der Waals surface area contributed by atoms with Crippen LogP contribution in [0.1, 0.15) is 11.1 Å². The molecule has 9 heteroatoms. The molecular weight excluding hydrogens is 377 g/mol. The van der Waals surface area contributed by atoms with Crippen LogP contribution in [0.5, 0.6) is 5.75 Å². The largest absolute Gasteiger partial charge is 0.489 e. The Morgan fingerprint density at radius 1 is 1.33 bits per heavy atom. The smallest absolute Gasteiger partial charge is 0.318 e. The Labute approximate surface area is 159 Å². The van der Waals surface area contributed by atoms with Crippen LogP contribution in [0.3, 0.4) is 0 Å². The van der Waals surface area contributed by atoms with Gasteiger partial charge in [-0.25, -0.2) is 14.7 Å². The van der Waals surface area contributed by atoms with Crippen LogP contribution in [0.4, 0.5) is 9.18 Å². The van der Waals surface area contributed by atoms with E-state index >= 15 is 0 Å². The molecule has 1 aliphatic rings. The molecule has 1 saturated heterocycles. The number of hydroxylamine groups is 1. The van der Waals surface area contributed by atoms with Gasteiger partial charge in [-0.3, -0.25) is 10.0 Å². The Kier molecular flexibility index (Phi) is 5.78. The molecular formula is C18H17ClFN3O4. The van der Waals surface area contributed by atoms with Crippen LogP contribution in [0.2, 0.25) is 5.02 Å². The molecule has 3 amide bonds.